The molecule has 0 atom stereocenters. The molecule has 4 heterocycles. The van der Waals surface area contributed by atoms with Crippen molar-refractivity contribution in [1.82, 2.24) is 25.1 Å². The van der Waals surface area contributed by atoms with E-state index < -0.39 is 0 Å². The van der Waals surface area contributed by atoms with Gasteiger partial charge in [0.2, 0.25) is 0 Å². The summed E-state index contributed by atoms with van der Waals surface area (Å²) in [7, 11) is 0. The summed E-state index contributed by atoms with van der Waals surface area (Å²) >= 11 is 1.75. The third kappa shape index (κ3) is 3.68. The quantitative estimate of drug-likeness (QED) is 0.513. The molecule has 0 amide bonds. The largest absolute Gasteiger partial charge is 0.297 e. The van der Waals surface area contributed by atoms with E-state index in [4.69, 9.17) is 4.98 Å². The highest BCUT2D eigenvalue weighted by Gasteiger charge is 2.39. The van der Waals surface area contributed by atoms with E-state index in [0.29, 0.717) is 0 Å². The maximum atomic E-state index is 4.90. The molecule has 150 valence electrons. The van der Waals surface area contributed by atoms with E-state index >= 15 is 0 Å². The van der Waals surface area contributed by atoms with Crippen molar-refractivity contribution in [3.05, 3.63) is 76.0 Å². The van der Waals surface area contributed by atoms with E-state index in [1.807, 2.05) is 6.07 Å². The Balaban J connectivity index is 0.00000205. The minimum absolute atomic E-state index is 0. The van der Waals surface area contributed by atoms with Crippen LogP contribution < -0.4 is 0 Å². The molecule has 0 radical (unpaired) electrons. The van der Waals surface area contributed by atoms with Crippen molar-refractivity contribution in [2.45, 2.75) is 31.7 Å². The SMILES string of the molecule is Cc1nc(C2(c3ccccc3)CCN(Cc3[nH]nc4ncccc34)CC2)cs1.Cl. The lowest BCUT2D eigenvalue weighted by molar-refractivity contribution is 0.169. The predicted octanol–water partition coefficient (Wildman–Crippen LogP) is 4.73. The topological polar surface area (TPSA) is 57.7 Å². The van der Waals surface area contributed by atoms with Gasteiger partial charge in [-0.2, -0.15) is 5.10 Å². The van der Waals surface area contributed by atoms with Crippen LogP contribution in [0.25, 0.3) is 11.0 Å². The first kappa shape index (κ1) is 20.0. The molecule has 1 aliphatic heterocycles. The van der Waals surface area contributed by atoms with Crippen LogP contribution in [0.4, 0.5) is 0 Å². The summed E-state index contributed by atoms with van der Waals surface area (Å²) in [4.78, 5) is 11.7. The Kier molecular flexibility index (Phi) is 5.67. The number of rotatable bonds is 4. The molecule has 1 aliphatic rings. The number of halogens is 1. The lowest BCUT2D eigenvalue weighted by atomic mass is 9.70. The minimum atomic E-state index is 0. The zero-order valence-electron chi connectivity index (χ0n) is 16.3. The average Bonchev–Trinajstić information content (AvgIpc) is 3.36. The molecule has 1 N–H and O–H groups in total. The van der Waals surface area contributed by atoms with Crippen molar-refractivity contribution >= 4 is 34.8 Å². The number of piperidine rings is 1. The number of thiazole rings is 1. The molecule has 4 aromatic rings. The number of H-pyrrole nitrogens is 1. The number of pyridine rings is 1. The number of aromatic nitrogens is 4. The number of aromatic amines is 1. The van der Waals surface area contributed by atoms with Crippen LogP contribution in [0.2, 0.25) is 0 Å². The van der Waals surface area contributed by atoms with Crippen LogP contribution in [0.1, 0.15) is 34.8 Å². The average molecular weight is 426 g/mol. The van der Waals surface area contributed by atoms with Crippen LogP contribution >= 0.6 is 23.7 Å². The molecule has 7 heteroatoms. The molecule has 0 aliphatic carbocycles. The summed E-state index contributed by atoms with van der Waals surface area (Å²) in [5.74, 6) is 0. The molecule has 0 bridgehead atoms. The normalized spacial score (nSPS) is 16.6. The second-order valence-electron chi connectivity index (χ2n) is 7.55. The number of fused-ring (bicyclic) bond motifs is 1. The first-order valence-corrected chi connectivity index (χ1v) is 10.6. The molecule has 5 rings (SSSR count). The smallest absolute Gasteiger partial charge is 0.181 e. The van der Waals surface area contributed by atoms with E-state index in [0.717, 1.165) is 54.2 Å². The highest BCUT2D eigenvalue weighted by molar-refractivity contribution is 7.09. The van der Waals surface area contributed by atoms with Crippen molar-refractivity contribution in [3.63, 3.8) is 0 Å². The zero-order valence-corrected chi connectivity index (χ0v) is 18.0. The number of aryl methyl sites for hydroxylation is 1. The van der Waals surface area contributed by atoms with Gasteiger partial charge in [0.05, 0.1) is 16.4 Å². The third-order valence-electron chi connectivity index (χ3n) is 5.94. The summed E-state index contributed by atoms with van der Waals surface area (Å²) in [6.45, 7) is 5.04. The van der Waals surface area contributed by atoms with Crippen LogP contribution in [0, 0.1) is 6.92 Å². The summed E-state index contributed by atoms with van der Waals surface area (Å²) in [6, 6.07) is 15.0. The van der Waals surface area contributed by atoms with Crippen LogP contribution in [-0.4, -0.2) is 38.2 Å². The second kappa shape index (κ2) is 8.22. The van der Waals surface area contributed by atoms with Gasteiger partial charge >= 0.3 is 0 Å². The van der Waals surface area contributed by atoms with Gasteiger partial charge in [-0.15, -0.1) is 23.7 Å². The summed E-state index contributed by atoms with van der Waals surface area (Å²) in [6.07, 6.45) is 3.94. The van der Waals surface area contributed by atoms with E-state index in [1.165, 1.54) is 11.3 Å². The number of likely N-dealkylation sites (tertiary alicyclic amines) is 1. The Morgan fingerprint density at radius 1 is 1.10 bits per heavy atom. The second-order valence-corrected chi connectivity index (χ2v) is 8.62. The fourth-order valence-corrected chi connectivity index (χ4v) is 5.08. The summed E-state index contributed by atoms with van der Waals surface area (Å²) in [5.41, 5.74) is 4.58. The fourth-order valence-electron chi connectivity index (χ4n) is 4.37. The third-order valence-corrected chi connectivity index (χ3v) is 6.71. The van der Waals surface area contributed by atoms with Crippen LogP contribution in [-0.2, 0) is 12.0 Å². The van der Waals surface area contributed by atoms with E-state index in [1.54, 1.807) is 17.5 Å². The van der Waals surface area contributed by atoms with Gasteiger partial charge in [-0.05, 0) is 50.6 Å². The molecule has 1 fully saturated rings. The fraction of sp³-hybridized carbons (Fsp3) is 0.318. The Hall–Kier alpha value is -2.28. The van der Waals surface area contributed by atoms with Crippen molar-refractivity contribution in [2.24, 2.45) is 0 Å². The molecule has 0 saturated carbocycles. The monoisotopic (exact) mass is 425 g/mol. The van der Waals surface area contributed by atoms with Gasteiger partial charge in [-0.1, -0.05) is 30.3 Å². The maximum absolute atomic E-state index is 4.90. The van der Waals surface area contributed by atoms with E-state index in [-0.39, 0.29) is 17.8 Å². The molecular formula is C22H24ClN5S. The number of nitrogens with zero attached hydrogens (tertiary/aromatic N) is 4. The molecule has 5 nitrogen and oxygen atoms in total. The maximum Gasteiger partial charge on any atom is 0.181 e. The number of nitrogens with one attached hydrogen (secondary N) is 1. The van der Waals surface area contributed by atoms with Gasteiger partial charge in [-0.25, -0.2) is 9.97 Å². The van der Waals surface area contributed by atoms with Gasteiger partial charge in [0.15, 0.2) is 5.65 Å². The Labute approximate surface area is 180 Å². The molecule has 0 unspecified atom stereocenters. The molecule has 3 aromatic heterocycles. The number of hydrogen-bond acceptors (Lipinski definition) is 5. The van der Waals surface area contributed by atoms with Gasteiger partial charge in [0.25, 0.3) is 0 Å². The highest BCUT2D eigenvalue weighted by Crippen LogP contribution is 2.42. The highest BCUT2D eigenvalue weighted by atomic mass is 35.5. The minimum Gasteiger partial charge on any atom is -0.297 e. The van der Waals surface area contributed by atoms with Crippen LogP contribution in [0.5, 0.6) is 0 Å². The van der Waals surface area contributed by atoms with Gasteiger partial charge in [-0.3, -0.25) is 10.00 Å². The molecule has 29 heavy (non-hydrogen) atoms. The van der Waals surface area contributed by atoms with E-state index in [2.05, 4.69) is 68.8 Å². The molecule has 1 saturated heterocycles. The van der Waals surface area contributed by atoms with Crippen molar-refractivity contribution in [3.8, 4) is 0 Å². The van der Waals surface area contributed by atoms with Gasteiger partial charge in [0.1, 0.15) is 0 Å². The standard InChI is InChI=1S/C22H23N5S.ClH/c1-16-24-20(15-28-16)22(17-6-3-2-4-7-17)9-12-27(13-10-22)14-19-18-8-5-11-23-21(18)26-25-19;/h2-8,11,15H,9-10,12-14H2,1H3,(H,23,25,26);1H. The molecule has 0 spiro atoms. The Morgan fingerprint density at radius 3 is 2.62 bits per heavy atom. The van der Waals surface area contributed by atoms with Crippen molar-refractivity contribution in [1.29, 1.82) is 0 Å². The van der Waals surface area contributed by atoms with Gasteiger partial charge in [0, 0.05) is 28.9 Å². The first-order chi connectivity index (χ1) is 13.7. The van der Waals surface area contributed by atoms with Crippen LogP contribution in [0.15, 0.2) is 54.0 Å². The summed E-state index contributed by atoms with van der Waals surface area (Å²) < 4.78 is 0. The summed E-state index contributed by atoms with van der Waals surface area (Å²) in [5, 5.41) is 12.0. The predicted molar refractivity (Wildman–Crippen MR) is 120 cm³/mol. The lowest BCUT2D eigenvalue weighted by Gasteiger charge is -2.41. The zero-order chi connectivity index (χ0) is 19.0. The van der Waals surface area contributed by atoms with Gasteiger partial charge < -0.3 is 0 Å². The van der Waals surface area contributed by atoms with Crippen molar-refractivity contribution < 1.29 is 0 Å². The molecule has 1 aromatic carbocycles. The van der Waals surface area contributed by atoms with Crippen molar-refractivity contribution in [2.75, 3.05) is 13.1 Å². The van der Waals surface area contributed by atoms with Crippen LogP contribution in [0.3, 0.4) is 0 Å². The number of hydrogen-bond donors (Lipinski definition) is 1. The molecular weight excluding hydrogens is 402 g/mol. The Bertz CT molecular complexity index is 1080. The van der Waals surface area contributed by atoms with E-state index in [9.17, 15) is 0 Å². The number of benzene rings is 1. The lowest BCUT2D eigenvalue weighted by Crippen LogP contribution is -2.43. The Morgan fingerprint density at radius 2 is 1.90 bits per heavy atom. The first-order valence-electron chi connectivity index (χ1n) is 9.73.